The van der Waals surface area contributed by atoms with E-state index in [4.69, 9.17) is 28.9 Å². The Morgan fingerprint density at radius 1 is 1.33 bits per heavy atom. The maximum atomic E-state index is 9.75. The minimum Gasteiger partial charge on any atom is -0.418 e. The third kappa shape index (κ3) is 15.5. The smallest absolute Gasteiger partial charge is 0.418 e. The van der Waals surface area contributed by atoms with Crippen LogP contribution in [-0.4, -0.2) is 17.2 Å². The molecule has 0 spiro atoms. The SMILES string of the molecule is CCC(N)[n+]1ccn(C)c1.ClCCl.F[B-](F)(F)F. The Labute approximate surface area is 114 Å². The van der Waals surface area contributed by atoms with Gasteiger partial charge in [-0.3, -0.25) is 5.73 Å². The molecule has 108 valence electrons. The van der Waals surface area contributed by atoms with Crippen molar-refractivity contribution in [1.82, 2.24) is 4.57 Å². The average Bonchev–Trinajstić information content (AvgIpc) is 2.62. The van der Waals surface area contributed by atoms with Crippen molar-refractivity contribution in [1.29, 1.82) is 0 Å². The molecule has 0 aromatic carbocycles. The predicted octanol–water partition coefficient (Wildman–Crippen LogP) is 2.90. The van der Waals surface area contributed by atoms with Gasteiger partial charge in [0, 0.05) is 0 Å². The van der Waals surface area contributed by atoms with Crippen molar-refractivity contribution in [2.24, 2.45) is 12.8 Å². The van der Waals surface area contributed by atoms with Crippen LogP contribution in [0.4, 0.5) is 17.3 Å². The standard InChI is InChI=1S/C7H14N3.CH2Cl2.BF4/c1-3-7(8)10-5-4-9(2)6-10;2-1-3;2-1(3,4)5/h4-7H,3,8H2,1-2H3;1H2;/q+1;;-1. The zero-order chi connectivity index (χ0) is 14.8. The lowest BCUT2D eigenvalue weighted by molar-refractivity contribution is -0.722. The van der Waals surface area contributed by atoms with Gasteiger partial charge >= 0.3 is 7.25 Å². The summed E-state index contributed by atoms with van der Waals surface area (Å²) in [5.41, 5.74) is 5.76. The van der Waals surface area contributed by atoms with Gasteiger partial charge in [-0.05, 0) is 6.42 Å². The number of hydrogen-bond acceptors (Lipinski definition) is 1. The number of aromatic nitrogens is 2. The first-order valence-corrected chi connectivity index (χ1v) is 6.00. The van der Waals surface area contributed by atoms with Gasteiger partial charge in [0.2, 0.25) is 6.33 Å². The number of nitrogens with two attached hydrogens (primary N) is 1. The molecule has 1 unspecified atom stereocenters. The Morgan fingerprint density at radius 2 is 1.72 bits per heavy atom. The molecule has 3 nitrogen and oxygen atoms in total. The van der Waals surface area contributed by atoms with Gasteiger partial charge in [0.05, 0.1) is 12.4 Å². The maximum Gasteiger partial charge on any atom is 0.673 e. The number of alkyl halides is 2. The third-order valence-corrected chi connectivity index (χ3v) is 1.59. The van der Waals surface area contributed by atoms with Crippen LogP contribution in [0.1, 0.15) is 19.5 Å². The Hall–Kier alpha value is -0.465. The zero-order valence-electron chi connectivity index (χ0n) is 10.0. The first kappa shape index (κ1) is 19.9. The van der Waals surface area contributed by atoms with E-state index in [9.17, 15) is 17.3 Å². The van der Waals surface area contributed by atoms with Gasteiger partial charge in [-0.1, -0.05) is 6.92 Å². The van der Waals surface area contributed by atoms with Gasteiger partial charge in [-0.15, -0.1) is 23.2 Å². The highest BCUT2D eigenvalue weighted by Gasteiger charge is 2.20. The normalized spacial score (nSPS) is 11.8. The van der Waals surface area contributed by atoms with Gasteiger partial charge in [-0.25, -0.2) is 9.13 Å². The molecule has 0 saturated heterocycles. The lowest BCUT2D eigenvalue weighted by Crippen LogP contribution is -2.42. The summed E-state index contributed by atoms with van der Waals surface area (Å²) in [6, 6.07) is 0. The van der Waals surface area contributed by atoms with Gasteiger partial charge in [0.1, 0.15) is 18.6 Å². The fourth-order valence-electron chi connectivity index (χ4n) is 0.876. The minimum absolute atomic E-state index is 0.126. The fraction of sp³-hybridized carbons (Fsp3) is 0.625. The first-order valence-electron chi connectivity index (χ1n) is 4.93. The number of halogens is 6. The summed E-state index contributed by atoms with van der Waals surface area (Å²) in [7, 11) is -4.01. The Bertz CT molecular complexity index is 303. The highest BCUT2D eigenvalue weighted by Crippen LogP contribution is 2.06. The first-order chi connectivity index (χ1) is 8.15. The number of imidazole rings is 1. The van der Waals surface area contributed by atoms with Crippen molar-refractivity contribution in [3.63, 3.8) is 0 Å². The molecule has 0 saturated carbocycles. The molecule has 1 aromatic rings. The van der Waals surface area contributed by atoms with Crippen molar-refractivity contribution >= 4 is 30.5 Å². The van der Waals surface area contributed by atoms with E-state index >= 15 is 0 Å². The third-order valence-electron chi connectivity index (χ3n) is 1.59. The summed E-state index contributed by atoms with van der Waals surface area (Å²) in [4.78, 5) is 0. The van der Waals surface area contributed by atoms with E-state index in [1.165, 1.54) is 0 Å². The number of nitrogens with zero attached hydrogens (tertiary/aromatic N) is 2. The van der Waals surface area contributed by atoms with Crippen molar-refractivity contribution < 1.29 is 21.8 Å². The molecule has 0 fully saturated rings. The van der Waals surface area contributed by atoms with Crippen LogP contribution in [0.25, 0.3) is 0 Å². The molecule has 0 amide bonds. The molecule has 0 aliphatic rings. The van der Waals surface area contributed by atoms with E-state index in [0.29, 0.717) is 0 Å². The lowest BCUT2D eigenvalue weighted by atomic mass is 10.3. The second kappa shape index (κ2) is 10.5. The highest BCUT2D eigenvalue weighted by molar-refractivity contribution is 6.50. The van der Waals surface area contributed by atoms with Crippen LogP contribution in [0.2, 0.25) is 0 Å². The van der Waals surface area contributed by atoms with E-state index in [1.54, 1.807) is 0 Å². The van der Waals surface area contributed by atoms with Crippen molar-refractivity contribution in [2.45, 2.75) is 19.5 Å². The predicted molar refractivity (Wildman–Crippen MR) is 65.9 cm³/mol. The van der Waals surface area contributed by atoms with Gasteiger partial charge in [-0.2, -0.15) is 0 Å². The molecule has 1 heterocycles. The van der Waals surface area contributed by atoms with Crippen molar-refractivity contribution in [3.05, 3.63) is 18.7 Å². The van der Waals surface area contributed by atoms with E-state index in [0.717, 1.165) is 6.42 Å². The second-order valence-corrected chi connectivity index (χ2v) is 3.91. The fourth-order valence-corrected chi connectivity index (χ4v) is 0.876. The number of hydrogen-bond donors (Lipinski definition) is 1. The highest BCUT2D eigenvalue weighted by atomic mass is 35.5. The van der Waals surface area contributed by atoms with Crippen LogP contribution in [0, 0.1) is 0 Å². The van der Waals surface area contributed by atoms with Crippen LogP contribution >= 0.6 is 23.2 Å². The largest absolute Gasteiger partial charge is 0.673 e. The van der Waals surface area contributed by atoms with E-state index in [-0.39, 0.29) is 11.5 Å². The van der Waals surface area contributed by atoms with E-state index < -0.39 is 7.25 Å². The number of rotatable bonds is 2. The molecule has 1 atom stereocenters. The van der Waals surface area contributed by atoms with Crippen LogP contribution in [0.3, 0.4) is 0 Å². The van der Waals surface area contributed by atoms with Crippen LogP contribution < -0.4 is 10.3 Å². The Morgan fingerprint density at radius 3 is 1.94 bits per heavy atom. The molecule has 0 aliphatic heterocycles. The molecule has 2 N–H and O–H groups in total. The van der Waals surface area contributed by atoms with Crippen LogP contribution in [-0.2, 0) is 7.05 Å². The van der Waals surface area contributed by atoms with Crippen molar-refractivity contribution in [3.8, 4) is 0 Å². The monoisotopic (exact) mass is 311 g/mol. The van der Waals surface area contributed by atoms with Crippen molar-refractivity contribution in [2.75, 3.05) is 5.34 Å². The molecular weight excluding hydrogens is 296 g/mol. The van der Waals surface area contributed by atoms with Gasteiger partial charge in [0.25, 0.3) is 0 Å². The average molecular weight is 312 g/mol. The minimum atomic E-state index is -6.00. The maximum absolute atomic E-state index is 9.75. The summed E-state index contributed by atoms with van der Waals surface area (Å²) in [6.07, 6.45) is 7.04. The molecule has 10 heteroatoms. The van der Waals surface area contributed by atoms with E-state index in [1.807, 2.05) is 34.9 Å². The van der Waals surface area contributed by atoms with Crippen LogP contribution in [0.5, 0.6) is 0 Å². The lowest BCUT2D eigenvalue weighted by Gasteiger charge is -2.01. The van der Waals surface area contributed by atoms with Crippen LogP contribution in [0.15, 0.2) is 18.7 Å². The summed E-state index contributed by atoms with van der Waals surface area (Å²) < 4.78 is 43.0. The molecule has 0 bridgehead atoms. The quantitative estimate of drug-likeness (QED) is 0.387. The topological polar surface area (TPSA) is 34.8 Å². The zero-order valence-corrected chi connectivity index (χ0v) is 11.6. The summed E-state index contributed by atoms with van der Waals surface area (Å²) in [6.45, 7) is 2.07. The Balaban J connectivity index is 0. The van der Waals surface area contributed by atoms with E-state index in [2.05, 4.69) is 6.92 Å². The molecule has 0 aliphatic carbocycles. The second-order valence-electron chi connectivity index (χ2n) is 3.10. The molecular formula is C8H16BCl2F4N3. The Kier molecular flexibility index (Phi) is 11.5. The molecule has 1 rings (SSSR count). The summed E-state index contributed by atoms with van der Waals surface area (Å²) >= 11 is 9.53. The summed E-state index contributed by atoms with van der Waals surface area (Å²) in [5, 5.41) is 0.194. The molecule has 1 aromatic heterocycles. The molecule has 0 radical (unpaired) electrons. The molecule has 18 heavy (non-hydrogen) atoms. The number of aryl methyl sites for hydroxylation is 1. The van der Waals surface area contributed by atoms with Gasteiger partial charge < -0.3 is 17.3 Å². The summed E-state index contributed by atoms with van der Waals surface area (Å²) in [5.74, 6) is 0. The van der Waals surface area contributed by atoms with Gasteiger partial charge in [0.15, 0.2) is 0 Å².